The third-order valence-corrected chi connectivity index (χ3v) is 2.03. The molecule has 0 saturated heterocycles. The van der Waals surface area contributed by atoms with Crippen molar-refractivity contribution in [3.63, 3.8) is 0 Å². The lowest BCUT2D eigenvalue weighted by Gasteiger charge is -2.22. The van der Waals surface area contributed by atoms with E-state index in [1.165, 1.54) is 0 Å². The van der Waals surface area contributed by atoms with Crippen LogP contribution in [0.15, 0.2) is 0 Å². The number of amides is 1. The second-order valence-electron chi connectivity index (χ2n) is 4.84. The van der Waals surface area contributed by atoms with Gasteiger partial charge in [-0.2, -0.15) is 0 Å². The maximum absolute atomic E-state index is 11.3. The van der Waals surface area contributed by atoms with Crippen LogP contribution < -0.4 is 5.32 Å². The molecule has 0 saturated carbocycles. The number of hydrogen-bond acceptors (Lipinski definition) is 6. The normalized spacial score (nSPS) is 14.2. The highest BCUT2D eigenvalue weighted by Gasteiger charge is 2.45. The number of esters is 1. The summed E-state index contributed by atoms with van der Waals surface area (Å²) >= 11 is 0. The van der Waals surface area contributed by atoms with Gasteiger partial charge in [-0.25, -0.2) is 14.4 Å². The van der Waals surface area contributed by atoms with Crippen LogP contribution in [0.3, 0.4) is 0 Å². The highest BCUT2D eigenvalue weighted by molar-refractivity contribution is 6.02. The fraction of sp³-hybridized carbons (Fsp3) is 0.727. The van der Waals surface area contributed by atoms with Crippen molar-refractivity contribution in [3.8, 4) is 0 Å². The molecule has 0 aliphatic rings. The number of carbonyl (C=O) groups excluding carboxylic acids is 2. The fourth-order valence-corrected chi connectivity index (χ4v) is 1.12. The summed E-state index contributed by atoms with van der Waals surface area (Å²) in [4.78, 5) is 33.3. The Morgan fingerprint density at radius 1 is 1.21 bits per heavy atom. The van der Waals surface area contributed by atoms with Gasteiger partial charge in [-0.3, -0.25) is 0 Å². The first-order valence-corrected chi connectivity index (χ1v) is 5.54. The lowest BCUT2D eigenvalue weighted by atomic mass is 10.0. The van der Waals surface area contributed by atoms with E-state index in [-0.39, 0.29) is 6.54 Å². The van der Waals surface area contributed by atoms with Gasteiger partial charge in [0.25, 0.3) is 5.60 Å². The Hall–Kier alpha value is -1.83. The molecule has 0 spiro atoms. The molecule has 3 N–H and O–H groups in total. The molecule has 1 unspecified atom stereocenters. The molecule has 0 aromatic carbocycles. The van der Waals surface area contributed by atoms with Gasteiger partial charge in [0.2, 0.25) is 0 Å². The molecule has 8 nitrogen and oxygen atoms in total. The van der Waals surface area contributed by atoms with Crippen LogP contribution in [0.4, 0.5) is 4.79 Å². The van der Waals surface area contributed by atoms with Crippen LogP contribution in [0.25, 0.3) is 0 Å². The summed E-state index contributed by atoms with van der Waals surface area (Å²) in [5.74, 6) is -3.05. The zero-order chi connectivity index (χ0) is 15.3. The number of aliphatic carboxylic acids is 1. The molecule has 8 heteroatoms. The van der Waals surface area contributed by atoms with E-state index in [1.54, 1.807) is 20.8 Å². The van der Waals surface area contributed by atoms with Gasteiger partial charge >= 0.3 is 18.0 Å². The summed E-state index contributed by atoms with van der Waals surface area (Å²) in [5, 5.41) is 20.7. The van der Waals surface area contributed by atoms with Gasteiger partial charge < -0.3 is 25.0 Å². The number of ether oxygens (including phenoxy) is 2. The molecule has 0 radical (unpaired) electrons. The van der Waals surface area contributed by atoms with Gasteiger partial charge in [0.1, 0.15) is 5.60 Å². The molecule has 0 aromatic rings. The van der Waals surface area contributed by atoms with E-state index >= 15 is 0 Å². The summed E-state index contributed by atoms with van der Waals surface area (Å²) in [6.45, 7) is 4.73. The number of carboxylic acids is 1. The average Bonchev–Trinajstić information content (AvgIpc) is 2.24. The van der Waals surface area contributed by atoms with Crippen LogP contribution in [-0.2, 0) is 19.1 Å². The van der Waals surface area contributed by atoms with E-state index in [4.69, 9.17) is 9.84 Å². The van der Waals surface area contributed by atoms with E-state index in [2.05, 4.69) is 10.1 Å². The molecule has 0 heterocycles. The van der Waals surface area contributed by atoms with E-state index in [0.717, 1.165) is 7.11 Å². The Balaban J connectivity index is 4.41. The standard InChI is InChI=1S/C11H19NO7/c1-10(2,3)19-9(16)12-6-5-11(17,7(13)14)8(15)18-4/h17H,5-6H2,1-4H3,(H,12,16)(H,13,14). The zero-order valence-electron chi connectivity index (χ0n) is 11.3. The first-order valence-electron chi connectivity index (χ1n) is 5.54. The Bertz CT molecular complexity index is 361. The number of alkyl carbamates (subject to hydrolysis) is 1. The first kappa shape index (κ1) is 17.2. The molecule has 110 valence electrons. The van der Waals surface area contributed by atoms with Crippen molar-refractivity contribution in [1.82, 2.24) is 5.32 Å². The minimum absolute atomic E-state index is 0.257. The molecule has 0 aliphatic carbocycles. The van der Waals surface area contributed by atoms with Crippen LogP contribution in [0.2, 0.25) is 0 Å². The lowest BCUT2D eigenvalue weighted by molar-refractivity contribution is -0.178. The van der Waals surface area contributed by atoms with Crippen molar-refractivity contribution >= 4 is 18.0 Å². The summed E-state index contributed by atoms with van der Waals surface area (Å²) in [5.41, 5.74) is -3.39. The van der Waals surface area contributed by atoms with Crippen molar-refractivity contribution in [2.24, 2.45) is 0 Å². The molecule has 1 amide bonds. The van der Waals surface area contributed by atoms with Gasteiger partial charge in [0, 0.05) is 13.0 Å². The van der Waals surface area contributed by atoms with Gasteiger partial charge in [-0.1, -0.05) is 0 Å². The van der Waals surface area contributed by atoms with Crippen LogP contribution >= 0.6 is 0 Å². The summed E-state index contributed by atoms with van der Waals surface area (Å²) in [7, 11) is 0.956. The van der Waals surface area contributed by atoms with Gasteiger partial charge in [-0.15, -0.1) is 0 Å². The van der Waals surface area contributed by atoms with Crippen molar-refractivity contribution in [1.29, 1.82) is 0 Å². The smallest absolute Gasteiger partial charge is 0.407 e. The van der Waals surface area contributed by atoms with Crippen molar-refractivity contribution < 1.29 is 34.1 Å². The van der Waals surface area contributed by atoms with Crippen LogP contribution in [-0.4, -0.2) is 53.1 Å². The molecule has 1 atom stereocenters. The summed E-state index contributed by atoms with van der Waals surface area (Å²) < 4.78 is 9.11. The van der Waals surface area contributed by atoms with Gasteiger partial charge in [0.15, 0.2) is 0 Å². The van der Waals surface area contributed by atoms with Crippen molar-refractivity contribution in [2.45, 2.75) is 38.4 Å². The predicted molar refractivity (Wildman–Crippen MR) is 63.5 cm³/mol. The number of rotatable bonds is 5. The van der Waals surface area contributed by atoms with E-state index in [1.807, 2.05) is 0 Å². The minimum Gasteiger partial charge on any atom is -0.479 e. The molecule has 0 bridgehead atoms. The molecule has 0 fully saturated rings. The third kappa shape index (κ3) is 5.56. The zero-order valence-corrected chi connectivity index (χ0v) is 11.3. The number of aliphatic hydroxyl groups is 1. The van der Waals surface area contributed by atoms with Crippen LogP contribution in [0.1, 0.15) is 27.2 Å². The Kier molecular flexibility index (Phi) is 5.76. The molecule has 0 rings (SSSR count). The molecule has 19 heavy (non-hydrogen) atoms. The third-order valence-electron chi connectivity index (χ3n) is 2.03. The Morgan fingerprint density at radius 2 is 1.74 bits per heavy atom. The van der Waals surface area contributed by atoms with E-state index in [0.29, 0.717) is 0 Å². The number of methoxy groups -OCH3 is 1. The molecular formula is C11H19NO7. The SMILES string of the molecule is COC(=O)C(O)(CCNC(=O)OC(C)(C)C)C(=O)O. The minimum atomic E-state index is -2.69. The van der Waals surface area contributed by atoms with Crippen molar-refractivity contribution in [2.75, 3.05) is 13.7 Å². The van der Waals surface area contributed by atoms with Gasteiger partial charge in [-0.05, 0) is 20.8 Å². The largest absolute Gasteiger partial charge is 0.479 e. The van der Waals surface area contributed by atoms with Crippen LogP contribution in [0, 0.1) is 0 Å². The maximum Gasteiger partial charge on any atom is 0.407 e. The van der Waals surface area contributed by atoms with Gasteiger partial charge in [0.05, 0.1) is 7.11 Å². The summed E-state index contributed by atoms with van der Waals surface area (Å²) in [6, 6.07) is 0. The quantitative estimate of drug-likeness (QED) is 0.473. The predicted octanol–water partition coefficient (Wildman–Crippen LogP) is -0.110. The molecule has 0 aliphatic heterocycles. The average molecular weight is 277 g/mol. The highest BCUT2D eigenvalue weighted by atomic mass is 16.6. The van der Waals surface area contributed by atoms with Crippen LogP contribution in [0.5, 0.6) is 0 Å². The monoisotopic (exact) mass is 277 g/mol. The molecule has 0 aromatic heterocycles. The number of carboxylic acid groups (broad SMARTS) is 1. The van der Waals surface area contributed by atoms with E-state index < -0.39 is 35.7 Å². The number of hydrogen-bond donors (Lipinski definition) is 3. The maximum atomic E-state index is 11.3. The Morgan fingerprint density at radius 3 is 2.11 bits per heavy atom. The lowest BCUT2D eigenvalue weighted by Crippen LogP contribution is -2.49. The Labute approximate surface area is 110 Å². The topological polar surface area (TPSA) is 122 Å². The number of carbonyl (C=O) groups is 3. The first-order chi connectivity index (χ1) is 8.53. The second-order valence-corrected chi connectivity index (χ2v) is 4.84. The fourth-order valence-electron chi connectivity index (χ4n) is 1.12. The summed E-state index contributed by atoms with van der Waals surface area (Å²) in [6.07, 6.45) is -1.31. The molecular weight excluding hydrogens is 258 g/mol. The highest BCUT2D eigenvalue weighted by Crippen LogP contribution is 2.12. The number of nitrogens with one attached hydrogen (secondary N) is 1. The van der Waals surface area contributed by atoms with Crippen molar-refractivity contribution in [3.05, 3.63) is 0 Å². The second kappa shape index (κ2) is 6.37. The van der Waals surface area contributed by atoms with E-state index in [9.17, 15) is 19.5 Å².